The summed E-state index contributed by atoms with van der Waals surface area (Å²) in [6.07, 6.45) is 0. The number of fused-ring (bicyclic) bond motifs is 1. The second-order valence-electron chi connectivity index (χ2n) is 5.81. The van der Waals surface area contributed by atoms with Crippen molar-refractivity contribution in [2.24, 2.45) is 0 Å². The normalized spacial score (nSPS) is 14.8. The third kappa shape index (κ3) is 2.85. The molecule has 1 aliphatic heterocycles. The number of thiophene rings is 1. The Hall–Kier alpha value is -2.51. The van der Waals surface area contributed by atoms with Gasteiger partial charge in [-0.3, -0.25) is 4.79 Å². The lowest BCUT2D eigenvalue weighted by Gasteiger charge is -2.27. The Balaban J connectivity index is 1.85. The number of hydrogen-bond donors (Lipinski definition) is 1. The summed E-state index contributed by atoms with van der Waals surface area (Å²) in [5, 5.41) is 1.93. The van der Waals surface area contributed by atoms with Gasteiger partial charge in [-0.25, -0.2) is 0 Å². The summed E-state index contributed by atoms with van der Waals surface area (Å²) in [6, 6.07) is 7.12. The van der Waals surface area contributed by atoms with Crippen LogP contribution in [0.25, 0.3) is 21.4 Å². The molecule has 3 aromatic rings. The van der Waals surface area contributed by atoms with Crippen molar-refractivity contribution in [3.05, 3.63) is 39.9 Å². The van der Waals surface area contributed by atoms with Gasteiger partial charge in [0.15, 0.2) is 11.5 Å². The Morgan fingerprint density at radius 3 is 2.80 bits per heavy atom. The molecule has 0 amide bonds. The molecular formula is C18H18N2O4S. The van der Waals surface area contributed by atoms with Crippen molar-refractivity contribution in [3.63, 3.8) is 0 Å². The highest BCUT2D eigenvalue weighted by Gasteiger charge is 2.19. The minimum atomic E-state index is -0.0265. The molecule has 6 nitrogen and oxygen atoms in total. The fourth-order valence-corrected chi connectivity index (χ4v) is 3.86. The van der Waals surface area contributed by atoms with Gasteiger partial charge in [0.2, 0.25) is 5.43 Å². The Kier molecular flexibility index (Phi) is 4.10. The fraction of sp³-hybridized carbons (Fsp3) is 0.278. The topological polar surface area (TPSA) is 77.9 Å². The van der Waals surface area contributed by atoms with E-state index in [4.69, 9.17) is 19.6 Å². The van der Waals surface area contributed by atoms with E-state index in [-0.39, 0.29) is 5.43 Å². The Labute approximate surface area is 148 Å². The van der Waals surface area contributed by atoms with E-state index in [9.17, 15) is 4.79 Å². The lowest BCUT2D eigenvalue weighted by atomic mass is 10.1. The van der Waals surface area contributed by atoms with Crippen LogP contribution in [0.4, 0.5) is 11.6 Å². The van der Waals surface area contributed by atoms with Gasteiger partial charge in [0.1, 0.15) is 10.4 Å². The quantitative estimate of drug-likeness (QED) is 0.725. The van der Waals surface area contributed by atoms with Gasteiger partial charge in [-0.05, 0) is 17.7 Å². The van der Waals surface area contributed by atoms with Crippen LogP contribution in [0.2, 0.25) is 0 Å². The summed E-state index contributed by atoms with van der Waals surface area (Å²) >= 11 is 1.39. The number of nitrogens with two attached hydrogens (primary N) is 1. The van der Waals surface area contributed by atoms with Crippen LogP contribution in [0.5, 0.6) is 5.75 Å². The number of rotatable bonds is 3. The number of nitrogen functional groups attached to an aromatic ring is 1. The third-order valence-corrected chi connectivity index (χ3v) is 5.27. The number of morpholine rings is 1. The molecule has 0 saturated carbocycles. The van der Waals surface area contributed by atoms with E-state index in [0.717, 1.165) is 11.1 Å². The third-order valence-electron chi connectivity index (χ3n) is 4.30. The Morgan fingerprint density at radius 2 is 2.04 bits per heavy atom. The van der Waals surface area contributed by atoms with E-state index < -0.39 is 0 Å². The van der Waals surface area contributed by atoms with Crippen molar-refractivity contribution >= 4 is 33.2 Å². The van der Waals surface area contributed by atoms with E-state index >= 15 is 0 Å². The summed E-state index contributed by atoms with van der Waals surface area (Å²) in [4.78, 5) is 14.5. The zero-order valence-corrected chi connectivity index (χ0v) is 14.6. The first-order chi connectivity index (χ1) is 12.2. The summed E-state index contributed by atoms with van der Waals surface area (Å²) in [6.45, 7) is 2.69. The molecule has 4 rings (SSSR count). The molecule has 25 heavy (non-hydrogen) atoms. The highest BCUT2D eigenvalue weighted by Crippen LogP contribution is 2.37. The van der Waals surface area contributed by atoms with Gasteiger partial charge >= 0.3 is 0 Å². The predicted octanol–water partition coefficient (Wildman–Crippen LogP) is 2.95. The SMILES string of the molecule is COc1cc(-c2csc3c(=O)cc(N4CCOCC4)oc23)ccc1N. The first-order valence-electron chi connectivity index (χ1n) is 7.99. The molecule has 0 aliphatic carbocycles. The second-order valence-corrected chi connectivity index (χ2v) is 6.69. The average Bonchev–Trinajstić information content (AvgIpc) is 3.07. The summed E-state index contributed by atoms with van der Waals surface area (Å²) in [7, 11) is 1.58. The molecule has 0 unspecified atom stereocenters. The van der Waals surface area contributed by atoms with Crippen LogP contribution in [-0.2, 0) is 4.74 Å². The molecular weight excluding hydrogens is 340 g/mol. The van der Waals surface area contributed by atoms with E-state index in [1.165, 1.54) is 11.3 Å². The molecule has 0 atom stereocenters. The molecule has 7 heteroatoms. The van der Waals surface area contributed by atoms with Gasteiger partial charge < -0.3 is 24.5 Å². The zero-order chi connectivity index (χ0) is 17.4. The average molecular weight is 358 g/mol. The van der Waals surface area contributed by atoms with Crippen molar-refractivity contribution in [3.8, 4) is 16.9 Å². The van der Waals surface area contributed by atoms with Gasteiger partial charge in [0.05, 0.1) is 26.0 Å². The molecule has 130 valence electrons. The monoisotopic (exact) mass is 358 g/mol. The molecule has 0 radical (unpaired) electrons. The first-order valence-corrected chi connectivity index (χ1v) is 8.87. The minimum absolute atomic E-state index is 0.0265. The maximum atomic E-state index is 12.5. The van der Waals surface area contributed by atoms with Gasteiger partial charge in [-0.1, -0.05) is 6.07 Å². The van der Waals surface area contributed by atoms with Crippen LogP contribution in [-0.4, -0.2) is 33.4 Å². The highest BCUT2D eigenvalue weighted by molar-refractivity contribution is 7.17. The number of nitrogens with zero attached hydrogens (tertiary/aromatic N) is 1. The summed E-state index contributed by atoms with van der Waals surface area (Å²) in [5.74, 6) is 1.19. The number of methoxy groups -OCH3 is 1. The fourth-order valence-electron chi connectivity index (χ4n) is 2.95. The van der Waals surface area contributed by atoms with Crippen LogP contribution in [0.15, 0.2) is 38.9 Å². The van der Waals surface area contributed by atoms with E-state index in [1.54, 1.807) is 19.2 Å². The zero-order valence-electron chi connectivity index (χ0n) is 13.8. The van der Waals surface area contributed by atoms with Gasteiger partial charge in [0, 0.05) is 30.1 Å². The molecule has 1 fully saturated rings. The van der Waals surface area contributed by atoms with E-state index in [0.29, 0.717) is 53.9 Å². The van der Waals surface area contributed by atoms with Crippen molar-refractivity contribution in [1.29, 1.82) is 0 Å². The van der Waals surface area contributed by atoms with Gasteiger partial charge in [-0.2, -0.15) is 0 Å². The maximum Gasteiger partial charge on any atom is 0.204 e. The van der Waals surface area contributed by atoms with Crippen LogP contribution in [0, 0.1) is 0 Å². The number of benzene rings is 1. The standard InChI is InChI=1S/C18H18N2O4S/c1-22-15-8-11(2-3-13(15)19)12-10-25-18-14(21)9-16(24-17(12)18)20-4-6-23-7-5-20/h2-3,8-10H,4-7,19H2,1H3. The van der Waals surface area contributed by atoms with Gasteiger partial charge in [0.25, 0.3) is 0 Å². The largest absolute Gasteiger partial charge is 0.495 e. The second kappa shape index (κ2) is 6.42. The highest BCUT2D eigenvalue weighted by atomic mass is 32.1. The van der Waals surface area contributed by atoms with Gasteiger partial charge in [-0.15, -0.1) is 11.3 Å². The molecule has 1 saturated heterocycles. The van der Waals surface area contributed by atoms with Crippen LogP contribution in [0.1, 0.15) is 0 Å². The number of hydrogen-bond acceptors (Lipinski definition) is 7. The van der Waals surface area contributed by atoms with Crippen molar-refractivity contribution in [1.82, 2.24) is 0 Å². The number of anilines is 2. The molecule has 0 spiro atoms. The van der Waals surface area contributed by atoms with Crippen LogP contribution >= 0.6 is 11.3 Å². The molecule has 0 bridgehead atoms. The first kappa shape index (κ1) is 16.0. The molecule has 1 aliphatic rings. The molecule has 3 heterocycles. The molecule has 1 aromatic carbocycles. The summed E-state index contributed by atoms with van der Waals surface area (Å²) < 4.78 is 17.4. The van der Waals surface area contributed by atoms with E-state index in [1.807, 2.05) is 22.4 Å². The lowest BCUT2D eigenvalue weighted by Crippen LogP contribution is -2.36. The minimum Gasteiger partial charge on any atom is -0.495 e. The van der Waals surface area contributed by atoms with Crippen molar-refractivity contribution in [2.75, 3.05) is 44.0 Å². The van der Waals surface area contributed by atoms with E-state index in [2.05, 4.69) is 0 Å². The van der Waals surface area contributed by atoms with Crippen molar-refractivity contribution in [2.45, 2.75) is 0 Å². The van der Waals surface area contributed by atoms with Crippen LogP contribution in [0.3, 0.4) is 0 Å². The Bertz CT molecular complexity index is 973. The van der Waals surface area contributed by atoms with Crippen molar-refractivity contribution < 1.29 is 13.9 Å². The molecule has 2 aromatic heterocycles. The Morgan fingerprint density at radius 1 is 1.24 bits per heavy atom. The smallest absolute Gasteiger partial charge is 0.204 e. The maximum absolute atomic E-state index is 12.5. The molecule has 2 N–H and O–H groups in total. The predicted molar refractivity (Wildman–Crippen MR) is 99.8 cm³/mol. The lowest BCUT2D eigenvalue weighted by molar-refractivity contribution is 0.121. The van der Waals surface area contributed by atoms with Crippen LogP contribution < -0.4 is 20.8 Å². The summed E-state index contributed by atoms with van der Waals surface area (Å²) in [5.41, 5.74) is 8.81. The number of ether oxygens (including phenoxy) is 2.